The fraction of sp³-hybridized carbons (Fsp3) is 0.750. The number of nitrogens with zero attached hydrogens (tertiary/aromatic N) is 1. The third-order valence-electron chi connectivity index (χ3n) is 3.28. The minimum atomic E-state index is -3.49. The molecule has 1 aliphatic heterocycles. The van der Waals surface area contributed by atoms with Gasteiger partial charge in [0.25, 0.3) is 10.0 Å². The quantitative estimate of drug-likeness (QED) is 0.621. The third kappa shape index (κ3) is 4.21. The first-order valence-electron chi connectivity index (χ1n) is 6.94. The molecule has 0 aromatic carbocycles. The van der Waals surface area contributed by atoms with Crippen LogP contribution in [-0.4, -0.2) is 43.2 Å². The summed E-state index contributed by atoms with van der Waals surface area (Å²) in [5.41, 5.74) is 0.687. The molecular formula is C12H22N4O2S2. The number of hydrogen-bond acceptors (Lipinski definition) is 5. The van der Waals surface area contributed by atoms with Gasteiger partial charge in [-0.05, 0) is 36.8 Å². The Labute approximate surface area is 124 Å². The maximum atomic E-state index is 12.3. The van der Waals surface area contributed by atoms with Crippen molar-refractivity contribution < 1.29 is 8.42 Å². The molecule has 1 fully saturated rings. The highest BCUT2D eigenvalue weighted by Gasteiger charge is 2.23. The van der Waals surface area contributed by atoms with Crippen molar-refractivity contribution in [2.75, 3.05) is 24.6 Å². The Kier molecular flexibility index (Phi) is 5.88. The van der Waals surface area contributed by atoms with Crippen molar-refractivity contribution in [3.63, 3.8) is 0 Å². The summed E-state index contributed by atoms with van der Waals surface area (Å²) in [5.74, 6) is 2.61. The van der Waals surface area contributed by atoms with Crippen molar-refractivity contribution in [2.45, 2.75) is 31.3 Å². The number of nitrogens with one attached hydrogen (secondary N) is 3. The Hall–Kier alpha value is -0.570. The van der Waals surface area contributed by atoms with Gasteiger partial charge in [0, 0.05) is 18.7 Å². The number of thioether (sulfide) groups is 1. The second kappa shape index (κ2) is 7.44. The Morgan fingerprint density at radius 2 is 2.40 bits per heavy atom. The van der Waals surface area contributed by atoms with Crippen LogP contribution in [0.5, 0.6) is 0 Å². The van der Waals surface area contributed by atoms with Gasteiger partial charge in [0.2, 0.25) is 0 Å². The molecule has 0 aliphatic carbocycles. The number of aromatic nitrogens is 2. The smallest absolute Gasteiger partial charge is 0.257 e. The summed E-state index contributed by atoms with van der Waals surface area (Å²) in [5, 5.41) is 9.84. The highest BCUT2D eigenvalue weighted by molar-refractivity contribution is 7.99. The van der Waals surface area contributed by atoms with Crippen LogP contribution < -0.4 is 10.0 Å². The average Bonchev–Trinajstić information content (AvgIpc) is 3.08. The summed E-state index contributed by atoms with van der Waals surface area (Å²) in [7, 11) is -3.49. The largest absolute Gasteiger partial charge is 0.313 e. The average molecular weight is 318 g/mol. The highest BCUT2D eigenvalue weighted by atomic mass is 32.2. The van der Waals surface area contributed by atoms with Crippen LogP contribution in [-0.2, 0) is 16.6 Å². The molecule has 2 rings (SSSR count). The molecule has 0 spiro atoms. The van der Waals surface area contributed by atoms with E-state index >= 15 is 0 Å². The Balaban J connectivity index is 1.95. The summed E-state index contributed by atoms with van der Waals surface area (Å²) in [6.07, 6.45) is 3.67. The van der Waals surface area contributed by atoms with E-state index in [0.29, 0.717) is 24.6 Å². The maximum Gasteiger partial charge on any atom is 0.257 e. The zero-order valence-electron chi connectivity index (χ0n) is 11.7. The molecule has 1 aromatic rings. The summed E-state index contributed by atoms with van der Waals surface area (Å²) < 4.78 is 27.3. The molecule has 0 radical (unpaired) electrons. The lowest BCUT2D eigenvalue weighted by atomic mass is 10.1. The highest BCUT2D eigenvalue weighted by Crippen LogP contribution is 2.23. The van der Waals surface area contributed by atoms with E-state index in [-0.39, 0.29) is 5.03 Å². The molecule has 20 heavy (non-hydrogen) atoms. The number of sulfonamides is 1. The van der Waals surface area contributed by atoms with Gasteiger partial charge < -0.3 is 5.32 Å². The van der Waals surface area contributed by atoms with Crippen LogP contribution in [0.1, 0.15) is 25.3 Å². The van der Waals surface area contributed by atoms with Gasteiger partial charge in [-0.15, -0.1) is 0 Å². The molecule has 6 nitrogen and oxygen atoms in total. The predicted molar refractivity (Wildman–Crippen MR) is 81.2 cm³/mol. The molecule has 0 bridgehead atoms. The van der Waals surface area contributed by atoms with E-state index in [1.807, 2.05) is 11.8 Å². The van der Waals surface area contributed by atoms with Crippen molar-refractivity contribution in [1.29, 1.82) is 0 Å². The minimum Gasteiger partial charge on any atom is -0.313 e. The zero-order chi connectivity index (χ0) is 14.4. The fourth-order valence-corrected chi connectivity index (χ4v) is 4.63. The van der Waals surface area contributed by atoms with Crippen LogP contribution in [0, 0.1) is 5.92 Å². The standard InChI is InChI=1S/C12H22N4O2S2/c1-2-4-13-7-11-8-14-16-12(11)20(17,18)15-6-10-3-5-19-9-10/h8,10,13,15H,2-7,9H2,1H3,(H,14,16). The van der Waals surface area contributed by atoms with Crippen molar-refractivity contribution in [3.05, 3.63) is 11.8 Å². The SMILES string of the molecule is CCCNCc1cn[nH]c1S(=O)(=O)NCC1CCSC1. The van der Waals surface area contributed by atoms with Gasteiger partial charge in [-0.3, -0.25) is 5.10 Å². The monoisotopic (exact) mass is 318 g/mol. The van der Waals surface area contributed by atoms with Crippen LogP contribution >= 0.6 is 11.8 Å². The summed E-state index contributed by atoms with van der Waals surface area (Å²) in [6, 6.07) is 0. The third-order valence-corrected chi connectivity index (χ3v) is 5.94. The lowest BCUT2D eigenvalue weighted by Crippen LogP contribution is -2.30. The van der Waals surface area contributed by atoms with E-state index in [1.54, 1.807) is 6.20 Å². The molecule has 0 amide bonds. The molecule has 1 unspecified atom stereocenters. The second-order valence-corrected chi connectivity index (χ2v) is 7.84. The molecule has 1 aromatic heterocycles. The minimum absolute atomic E-state index is 0.187. The Bertz CT molecular complexity index is 509. The molecule has 114 valence electrons. The van der Waals surface area contributed by atoms with E-state index in [2.05, 4.69) is 27.2 Å². The lowest BCUT2D eigenvalue weighted by molar-refractivity contribution is 0.541. The molecule has 1 saturated heterocycles. The first kappa shape index (κ1) is 15.8. The van der Waals surface area contributed by atoms with Gasteiger partial charge in [-0.2, -0.15) is 16.9 Å². The van der Waals surface area contributed by atoms with Gasteiger partial charge in [-0.1, -0.05) is 6.92 Å². The molecular weight excluding hydrogens is 296 g/mol. The molecule has 1 atom stereocenters. The van der Waals surface area contributed by atoms with E-state index in [4.69, 9.17) is 0 Å². The van der Waals surface area contributed by atoms with Gasteiger partial charge in [0.05, 0.1) is 6.20 Å². The molecule has 1 aliphatic rings. The van der Waals surface area contributed by atoms with Gasteiger partial charge in [0.1, 0.15) is 0 Å². The number of hydrogen-bond donors (Lipinski definition) is 3. The fourth-order valence-electron chi connectivity index (χ4n) is 2.10. The summed E-state index contributed by atoms with van der Waals surface area (Å²) >= 11 is 1.88. The summed E-state index contributed by atoms with van der Waals surface area (Å²) in [4.78, 5) is 0. The van der Waals surface area contributed by atoms with Gasteiger partial charge in [-0.25, -0.2) is 13.1 Å². The van der Waals surface area contributed by atoms with Crippen LogP contribution in [0.15, 0.2) is 11.2 Å². The Morgan fingerprint density at radius 3 is 3.10 bits per heavy atom. The van der Waals surface area contributed by atoms with Crippen LogP contribution in [0.4, 0.5) is 0 Å². The molecule has 0 saturated carbocycles. The number of aromatic amines is 1. The normalized spacial score (nSPS) is 19.6. The van der Waals surface area contributed by atoms with Crippen LogP contribution in [0.25, 0.3) is 0 Å². The van der Waals surface area contributed by atoms with Crippen molar-refractivity contribution >= 4 is 21.8 Å². The molecule has 2 heterocycles. The van der Waals surface area contributed by atoms with Crippen molar-refractivity contribution in [1.82, 2.24) is 20.2 Å². The Morgan fingerprint density at radius 1 is 1.55 bits per heavy atom. The van der Waals surface area contributed by atoms with E-state index in [9.17, 15) is 8.42 Å². The maximum absolute atomic E-state index is 12.3. The van der Waals surface area contributed by atoms with E-state index in [1.165, 1.54) is 0 Å². The molecule has 3 N–H and O–H groups in total. The van der Waals surface area contributed by atoms with Gasteiger partial charge >= 0.3 is 0 Å². The van der Waals surface area contributed by atoms with Crippen molar-refractivity contribution in [2.24, 2.45) is 5.92 Å². The van der Waals surface area contributed by atoms with Gasteiger partial charge in [0.15, 0.2) is 5.03 Å². The lowest BCUT2D eigenvalue weighted by Gasteiger charge is -2.11. The van der Waals surface area contributed by atoms with Crippen LogP contribution in [0.3, 0.4) is 0 Å². The first-order valence-corrected chi connectivity index (χ1v) is 9.57. The number of rotatable bonds is 8. The predicted octanol–water partition coefficient (Wildman–Crippen LogP) is 0.941. The number of H-pyrrole nitrogens is 1. The first-order chi connectivity index (χ1) is 9.63. The second-order valence-electron chi connectivity index (χ2n) is 4.98. The topological polar surface area (TPSA) is 86.9 Å². The summed E-state index contributed by atoms with van der Waals surface area (Å²) in [6.45, 7) is 3.95. The van der Waals surface area contributed by atoms with Crippen LogP contribution in [0.2, 0.25) is 0 Å². The van der Waals surface area contributed by atoms with E-state index in [0.717, 1.165) is 30.9 Å². The van der Waals surface area contributed by atoms with E-state index < -0.39 is 10.0 Å². The zero-order valence-corrected chi connectivity index (χ0v) is 13.3. The molecule has 8 heteroatoms. The van der Waals surface area contributed by atoms with Crippen molar-refractivity contribution in [3.8, 4) is 0 Å².